The van der Waals surface area contributed by atoms with E-state index in [9.17, 15) is 0 Å². The molecule has 0 amide bonds. The molecule has 0 bridgehead atoms. The summed E-state index contributed by atoms with van der Waals surface area (Å²) in [5, 5.41) is 0. The number of rotatable bonds is 0. The normalized spacial score (nSPS) is 55.5. The molecule has 0 unspecified atom stereocenters. The minimum absolute atomic E-state index is 1.53. The van der Waals surface area contributed by atoms with Gasteiger partial charge in [-0.25, -0.2) is 0 Å². The standard InChI is InChI=1S/C7H21Cl7O7Si7/c1-22(8)15-23(2,9)17-25(4,11)19-27(6,13)21-28(7,14)20-26(5,12)18-24(3,10)16-22/h1-7H3. The Morgan fingerprint density at radius 2 is 0.357 bits per heavy atom. The van der Waals surface area contributed by atoms with Crippen molar-refractivity contribution >= 4 is 133 Å². The third kappa shape index (κ3) is 11.4. The average molecular weight is 662 g/mol. The van der Waals surface area contributed by atoms with Crippen molar-refractivity contribution in [3.63, 3.8) is 0 Å². The Morgan fingerprint density at radius 1 is 0.286 bits per heavy atom. The van der Waals surface area contributed by atoms with Gasteiger partial charge in [0.2, 0.25) is 0 Å². The third-order valence-corrected chi connectivity index (χ3v) is 32.7. The van der Waals surface area contributed by atoms with Crippen LogP contribution >= 0.6 is 77.6 Å². The lowest BCUT2D eigenvalue weighted by atomic mass is 11.9. The molecule has 1 heterocycles. The van der Waals surface area contributed by atoms with Crippen LogP contribution in [-0.2, 0) is 28.8 Å². The highest BCUT2D eigenvalue weighted by molar-refractivity contribution is 7.32. The van der Waals surface area contributed by atoms with E-state index < -0.39 is 55.1 Å². The van der Waals surface area contributed by atoms with Gasteiger partial charge >= 0.3 is 55.1 Å². The topological polar surface area (TPSA) is 64.6 Å². The molecule has 0 saturated carbocycles. The van der Waals surface area contributed by atoms with Gasteiger partial charge in [0.15, 0.2) is 0 Å². The Morgan fingerprint density at radius 3 is 0.429 bits per heavy atom. The predicted octanol–water partition coefficient (Wildman–Crippen LogP) is 5.77. The van der Waals surface area contributed by atoms with Crippen molar-refractivity contribution in [1.29, 1.82) is 0 Å². The molecule has 0 spiro atoms. The maximum atomic E-state index is 6.45. The summed E-state index contributed by atoms with van der Waals surface area (Å²) in [6.07, 6.45) is 0. The maximum absolute atomic E-state index is 6.45. The van der Waals surface area contributed by atoms with Gasteiger partial charge in [0.1, 0.15) is 0 Å². The number of halogens is 7. The Hall–Kier alpha value is 3.27. The quantitative estimate of drug-likeness (QED) is 0.241. The molecule has 0 aromatic carbocycles. The van der Waals surface area contributed by atoms with E-state index in [-0.39, 0.29) is 0 Å². The fourth-order valence-electron chi connectivity index (χ4n) is 2.43. The monoisotopic (exact) mass is 658 g/mol. The highest BCUT2D eigenvalue weighted by Gasteiger charge is 2.57. The van der Waals surface area contributed by atoms with Gasteiger partial charge < -0.3 is 28.8 Å². The van der Waals surface area contributed by atoms with Crippen molar-refractivity contribution < 1.29 is 28.8 Å². The van der Waals surface area contributed by atoms with Crippen LogP contribution in [0, 0.1) is 0 Å². The minimum Gasteiger partial charge on any atom is -0.392 e. The Bertz CT molecular complexity index is 413. The minimum atomic E-state index is -3.44. The summed E-state index contributed by atoms with van der Waals surface area (Å²) in [6, 6.07) is 0. The summed E-state index contributed by atoms with van der Waals surface area (Å²) in [7, 11) is -24.1. The van der Waals surface area contributed by atoms with E-state index in [1.165, 1.54) is 45.8 Å². The number of hydrogen-bond acceptors (Lipinski definition) is 7. The Labute approximate surface area is 205 Å². The Kier molecular flexibility index (Phi) is 9.93. The third-order valence-electron chi connectivity index (χ3n) is 2.55. The van der Waals surface area contributed by atoms with E-state index in [1.807, 2.05) is 0 Å². The van der Waals surface area contributed by atoms with Crippen LogP contribution in [-0.4, -0.2) is 55.1 Å². The molecule has 168 valence electrons. The smallest absolute Gasteiger partial charge is 0.392 e. The van der Waals surface area contributed by atoms with E-state index in [4.69, 9.17) is 106 Å². The molecule has 28 heavy (non-hydrogen) atoms. The van der Waals surface area contributed by atoms with Crippen molar-refractivity contribution in [2.75, 3.05) is 0 Å². The maximum Gasteiger partial charge on any atom is 0.423 e. The van der Waals surface area contributed by atoms with Crippen molar-refractivity contribution in [2.45, 2.75) is 45.8 Å². The van der Waals surface area contributed by atoms with E-state index in [0.29, 0.717) is 0 Å². The van der Waals surface area contributed by atoms with Crippen LogP contribution in [0.25, 0.3) is 0 Å². The van der Waals surface area contributed by atoms with Gasteiger partial charge in [-0.05, 0) is 45.8 Å². The van der Waals surface area contributed by atoms with E-state index >= 15 is 0 Å². The summed E-state index contributed by atoms with van der Waals surface area (Å²) < 4.78 is 40.4. The molecule has 0 aromatic heterocycles. The summed E-state index contributed by atoms with van der Waals surface area (Å²) >= 11 is 45.1. The van der Waals surface area contributed by atoms with Crippen LogP contribution in [0.1, 0.15) is 0 Å². The van der Waals surface area contributed by atoms with Gasteiger partial charge in [0.05, 0.1) is 0 Å². The molecule has 1 fully saturated rings. The van der Waals surface area contributed by atoms with Crippen molar-refractivity contribution in [3.05, 3.63) is 0 Å². The van der Waals surface area contributed by atoms with Gasteiger partial charge in [-0.1, -0.05) is 0 Å². The predicted molar refractivity (Wildman–Crippen MR) is 130 cm³/mol. The fourth-order valence-corrected chi connectivity index (χ4v) is 45.5. The van der Waals surface area contributed by atoms with Gasteiger partial charge in [-0.15, -0.1) is 77.6 Å². The highest BCUT2D eigenvalue weighted by atomic mass is 35.6. The zero-order valence-corrected chi connectivity index (χ0v) is 28.3. The second-order valence-electron chi connectivity index (χ2n) is 6.56. The van der Waals surface area contributed by atoms with Crippen molar-refractivity contribution in [1.82, 2.24) is 0 Å². The van der Waals surface area contributed by atoms with Crippen LogP contribution in [0.15, 0.2) is 0 Å². The average Bonchev–Trinajstić information content (AvgIpc) is 2.10. The van der Waals surface area contributed by atoms with Crippen molar-refractivity contribution in [3.8, 4) is 0 Å². The first-order chi connectivity index (χ1) is 11.9. The van der Waals surface area contributed by atoms with Gasteiger partial charge in [0, 0.05) is 0 Å². The largest absolute Gasteiger partial charge is 0.423 e. The fraction of sp³-hybridized carbons (Fsp3) is 1.00. The Balaban J connectivity index is 3.34. The van der Waals surface area contributed by atoms with Crippen LogP contribution < -0.4 is 0 Å². The van der Waals surface area contributed by atoms with E-state index in [1.54, 1.807) is 0 Å². The molecule has 0 radical (unpaired) electrons. The SMILES string of the molecule is C[Si]1(Cl)O[Si](C)(Cl)O[Si](C)(Cl)O[Si](C)(Cl)O[Si](C)(Cl)O[Si](C)(Cl)O[Si](C)(Cl)O1. The summed E-state index contributed by atoms with van der Waals surface area (Å²) in [5.41, 5.74) is 0. The lowest BCUT2D eigenvalue weighted by Gasteiger charge is -2.41. The molecule has 0 N–H and O–H groups in total. The first kappa shape index (κ1) is 29.3. The number of hydrogen-bond donors (Lipinski definition) is 0. The van der Waals surface area contributed by atoms with Crippen LogP contribution in [0.5, 0.6) is 0 Å². The molecule has 0 aromatic rings. The summed E-state index contributed by atoms with van der Waals surface area (Å²) in [6.45, 7) is 10.7. The lowest BCUT2D eigenvalue weighted by molar-refractivity contribution is 0.272. The van der Waals surface area contributed by atoms with Crippen LogP contribution in [0.3, 0.4) is 0 Å². The molecule has 1 saturated heterocycles. The van der Waals surface area contributed by atoms with Crippen LogP contribution in [0.4, 0.5) is 0 Å². The molecule has 1 aliphatic rings. The van der Waals surface area contributed by atoms with Gasteiger partial charge in [-0.2, -0.15) is 0 Å². The van der Waals surface area contributed by atoms with Gasteiger partial charge in [-0.3, -0.25) is 0 Å². The first-order valence-electron chi connectivity index (χ1n) is 7.68. The molecule has 7 nitrogen and oxygen atoms in total. The molecule has 1 rings (SSSR count). The highest BCUT2D eigenvalue weighted by Crippen LogP contribution is 2.37. The molecular weight excluding hydrogens is 641 g/mol. The zero-order chi connectivity index (χ0) is 22.4. The zero-order valence-electron chi connectivity index (χ0n) is 16.0. The summed E-state index contributed by atoms with van der Waals surface area (Å²) in [5.74, 6) is 0. The second-order valence-corrected chi connectivity index (χ2v) is 38.4. The van der Waals surface area contributed by atoms with Gasteiger partial charge in [0.25, 0.3) is 0 Å². The summed E-state index contributed by atoms with van der Waals surface area (Å²) in [4.78, 5) is 0. The molecule has 21 heteroatoms. The molecule has 0 atom stereocenters. The lowest BCUT2D eigenvalue weighted by Crippen LogP contribution is -2.61. The molecule has 1 aliphatic heterocycles. The van der Waals surface area contributed by atoms with Crippen molar-refractivity contribution in [2.24, 2.45) is 0 Å². The molecular formula is C7H21Cl7O7Si7. The van der Waals surface area contributed by atoms with Crippen LogP contribution in [0.2, 0.25) is 45.8 Å². The first-order valence-corrected chi connectivity index (χ1v) is 31.0. The van der Waals surface area contributed by atoms with E-state index in [0.717, 1.165) is 0 Å². The molecule has 0 aliphatic carbocycles. The van der Waals surface area contributed by atoms with E-state index in [2.05, 4.69) is 0 Å². The second kappa shape index (κ2) is 9.49.